The molecule has 0 atom stereocenters. The second-order valence-electron chi connectivity index (χ2n) is 6.60. The van der Waals surface area contributed by atoms with Gasteiger partial charge in [-0.1, -0.05) is 32.0 Å². The van der Waals surface area contributed by atoms with Crippen molar-refractivity contribution in [1.82, 2.24) is 15.5 Å². The Kier molecular flexibility index (Phi) is 6.85. The van der Waals surface area contributed by atoms with Gasteiger partial charge >= 0.3 is 0 Å². The summed E-state index contributed by atoms with van der Waals surface area (Å²) in [6, 6.07) is 7.83. The van der Waals surface area contributed by atoms with E-state index >= 15 is 0 Å². The first kappa shape index (κ1) is 17.7. The fourth-order valence-corrected chi connectivity index (χ4v) is 2.55. The Morgan fingerprint density at radius 3 is 2.52 bits per heavy atom. The maximum Gasteiger partial charge on any atom is 0.251 e. The van der Waals surface area contributed by atoms with E-state index in [1.54, 1.807) is 0 Å². The topological polar surface area (TPSA) is 44.4 Å². The van der Waals surface area contributed by atoms with E-state index in [2.05, 4.69) is 43.5 Å². The zero-order valence-corrected chi connectivity index (χ0v) is 14.0. The summed E-state index contributed by atoms with van der Waals surface area (Å²) in [6.07, 6.45) is 0.862. The van der Waals surface area contributed by atoms with Gasteiger partial charge in [0.05, 0.1) is 0 Å². The highest BCUT2D eigenvalue weighted by Gasteiger charge is 2.20. The number of rotatable bonds is 8. The molecular formula is C17H29N3O. The number of amides is 1. The SMILES string of the molecule is CNCCc1ccccc1C(=O)NCC(C)(C)CN(C)C. The molecule has 1 amide bonds. The summed E-state index contributed by atoms with van der Waals surface area (Å²) in [6.45, 7) is 6.82. The molecular weight excluding hydrogens is 262 g/mol. The molecule has 4 nitrogen and oxygen atoms in total. The number of likely N-dealkylation sites (N-methyl/N-ethyl adjacent to an activating group) is 1. The lowest BCUT2D eigenvalue weighted by molar-refractivity contribution is 0.0928. The summed E-state index contributed by atoms with van der Waals surface area (Å²) in [5.41, 5.74) is 1.93. The minimum Gasteiger partial charge on any atom is -0.351 e. The van der Waals surface area contributed by atoms with Crippen LogP contribution in [0.25, 0.3) is 0 Å². The van der Waals surface area contributed by atoms with Gasteiger partial charge in [0.25, 0.3) is 5.91 Å². The molecule has 0 radical (unpaired) electrons. The van der Waals surface area contributed by atoms with Crippen LogP contribution in [0.5, 0.6) is 0 Å². The lowest BCUT2D eigenvalue weighted by Crippen LogP contribution is -2.40. The van der Waals surface area contributed by atoms with E-state index < -0.39 is 0 Å². The van der Waals surface area contributed by atoms with Crippen LogP contribution in [0.1, 0.15) is 29.8 Å². The van der Waals surface area contributed by atoms with Crippen molar-refractivity contribution in [2.45, 2.75) is 20.3 Å². The summed E-state index contributed by atoms with van der Waals surface area (Å²) in [5, 5.41) is 6.20. The molecule has 0 aliphatic carbocycles. The maximum absolute atomic E-state index is 12.4. The van der Waals surface area contributed by atoms with Crippen LogP contribution < -0.4 is 10.6 Å². The lowest BCUT2D eigenvalue weighted by atomic mass is 9.92. The van der Waals surface area contributed by atoms with Gasteiger partial charge < -0.3 is 15.5 Å². The zero-order chi connectivity index (χ0) is 15.9. The van der Waals surface area contributed by atoms with Crippen molar-refractivity contribution in [1.29, 1.82) is 0 Å². The van der Waals surface area contributed by atoms with Crippen molar-refractivity contribution in [3.8, 4) is 0 Å². The van der Waals surface area contributed by atoms with Crippen LogP contribution in [-0.4, -0.2) is 51.6 Å². The average Bonchev–Trinajstić information content (AvgIpc) is 2.41. The molecule has 118 valence electrons. The quantitative estimate of drug-likeness (QED) is 0.767. The second kappa shape index (κ2) is 8.15. The Bertz CT molecular complexity index is 455. The maximum atomic E-state index is 12.4. The van der Waals surface area contributed by atoms with Gasteiger partial charge in [-0.2, -0.15) is 0 Å². The van der Waals surface area contributed by atoms with E-state index in [0.717, 1.165) is 30.6 Å². The van der Waals surface area contributed by atoms with Gasteiger partial charge in [-0.15, -0.1) is 0 Å². The van der Waals surface area contributed by atoms with Crippen molar-refractivity contribution in [2.75, 3.05) is 40.8 Å². The number of nitrogens with one attached hydrogen (secondary N) is 2. The van der Waals surface area contributed by atoms with Crippen LogP contribution in [0.3, 0.4) is 0 Å². The minimum absolute atomic E-state index is 0.0218. The number of carbonyl (C=O) groups is 1. The molecule has 0 bridgehead atoms. The van der Waals surface area contributed by atoms with E-state index in [9.17, 15) is 4.79 Å². The van der Waals surface area contributed by atoms with Crippen LogP contribution in [0.2, 0.25) is 0 Å². The number of hydrogen-bond donors (Lipinski definition) is 2. The highest BCUT2D eigenvalue weighted by molar-refractivity contribution is 5.95. The third-order valence-corrected chi connectivity index (χ3v) is 3.38. The molecule has 0 aliphatic heterocycles. The van der Waals surface area contributed by atoms with Crippen LogP contribution in [0.4, 0.5) is 0 Å². The second-order valence-corrected chi connectivity index (χ2v) is 6.60. The third-order valence-electron chi connectivity index (χ3n) is 3.38. The number of benzene rings is 1. The molecule has 1 aromatic rings. The van der Waals surface area contributed by atoms with Crippen LogP contribution in [0.15, 0.2) is 24.3 Å². The zero-order valence-electron chi connectivity index (χ0n) is 14.0. The molecule has 4 heteroatoms. The predicted octanol–water partition coefficient (Wildman–Crippen LogP) is 1.77. The van der Waals surface area contributed by atoms with Crippen molar-refractivity contribution >= 4 is 5.91 Å². The van der Waals surface area contributed by atoms with Gasteiger partial charge in [0.2, 0.25) is 0 Å². The Labute approximate surface area is 128 Å². The molecule has 0 saturated heterocycles. The summed E-state index contributed by atoms with van der Waals surface area (Å²) in [5.74, 6) is 0.0218. The van der Waals surface area contributed by atoms with Crippen LogP contribution in [0, 0.1) is 5.41 Å². The van der Waals surface area contributed by atoms with Crippen molar-refractivity contribution < 1.29 is 4.79 Å². The van der Waals surface area contributed by atoms with E-state index in [1.165, 1.54) is 0 Å². The number of hydrogen-bond acceptors (Lipinski definition) is 3. The van der Waals surface area contributed by atoms with Gasteiger partial charge in [-0.3, -0.25) is 4.79 Å². The molecule has 21 heavy (non-hydrogen) atoms. The Hall–Kier alpha value is -1.39. The standard InChI is InChI=1S/C17H29N3O/c1-17(2,13-20(4)5)12-19-16(21)15-9-7-6-8-14(15)10-11-18-3/h6-9,18H,10-13H2,1-5H3,(H,19,21). The first-order valence-electron chi connectivity index (χ1n) is 7.51. The van der Waals surface area contributed by atoms with E-state index in [0.29, 0.717) is 6.54 Å². The molecule has 0 spiro atoms. The van der Waals surface area contributed by atoms with Gasteiger partial charge in [-0.05, 0) is 51.2 Å². The smallest absolute Gasteiger partial charge is 0.251 e. The highest BCUT2D eigenvalue weighted by Crippen LogP contribution is 2.15. The summed E-state index contributed by atoms with van der Waals surface area (Å²) in [4.78, 5) is 14.6. The van der Waals surface area contributed by atoms with Gasteiger partial charge in [-0.25, -0.2) is 0 Å². The van der Waals surface area contributed by atoms with E-state index in [4.69, 9.17) is 0 Å². The summed E-state index contributed by atoms with van der Waals surface area (Å²) >= 11 is 0. The third kappa shape index (κ3) is 6.27. The van der Waals surface area contributed by atoms with Crippen molar-refractivity contribution in [3.05, 3.63) is 35.4 Å². The Morgan fingerprint density at radius 1 is 1.24 bits per heavy atom. The summed E-state index contributed by atoms with van der Waals surface area (Å²) < 4.78 is 0. The Balaban J connectivity index is 2.67. The minimum atomic E-state index is 0.0218. The predicted molar refractivity (Wildman–Crippen MR) is 88.7 cm³/mol. The molecule has 0 saturated carbocycles. The van der Waals surface area contributed by atoms with E-state index in [-0.39, 0.29) is 11.3 Å². The molecule has 0 aromatic heterocycles. The number of nitrogens with zero attached hydrogens (tertiary/aromatic N) is 1. The first-order chi connectivity index (χ1) is 9.85. The highest BCUT2D eigenvalue weighted by atomic mass is 16.1. The fourth-order valence-electron chi connectivity index (χ4n) is 2.55. The van der Waals surface area contributed by atoms with Crippen molar-refractivity contribution in [3.63, 3.8) is 0 Å². The summed E-state index contributed by atoms with van der Waals surface area (Å²) in [7, 11) is 6.03. The average molecular weight is 291 g/mol. The largest absolute Gasteiger partial charge is 0.351 e. The number of carbonyl (C=O) groups excluding carboxylic acids is 1. The molecule has 1 rings (SSSR count). The molecule has 0 aliphatic rings. The molecule has 0 unspecified atom stereocenters. The monoisotopic (exact) mass is 291 g/mol. The van der Waals surface area contributed by atoms with Gasteiger partial charge in [0, 0.05) is 18.7 Å². The van der Waals surface area contributed by atoms with E-state index in [1.807, 2.05) is 31.3 Å². The van der Waals surface area contributed by atoms with Crippen molar-refractivity contribution in [2.24, 2.45) is 5.41 Å². The first-order valence-corrected chi connectivity index (χ1v) is 7.51. The van der Waals surface area contributed by atoms with Crippen LogP contribution in [-0.2, 0) is 6.42 Å². The molecule has 1 aromatic carbocycles. The molecule has 0 heterocycles. The van der Waals surface area contributed by atoms with Gasteiger partial charge in [0.15, 0.2) is 0 Å². The normalized spacial score (nSPS) is 11.7. The lowest BCUT2D eigenvalue weighted by Gasteiger charge is -2.28. The van der Waals surface area contributed by atoms with Gasteiger partial charge in [0.1, 0.15) is 0 Å². The van der Waals surface area contributed by atoms with Crippen LogP contribution >= 0.6 is 0 Å². The molecule has 0 fully saturated rings. The molecule has 2 N–H and O–H groups in total. The fraction of sp³-hybridized carbons (Fsp3) is 0.588. The Morgan fingerprint density at radius 2 is 1.90 bits per heavy atom.